The monoisotopic (exact) mass is 297 g/mol. The Morgan fingerprint density at radius 3 is 2.62 bits per heavy atom. The van der Waals surface area contributed by atoms with E-state index in [4.69, 9.17) is 15.7 Å². The molecule has 7 heteroatoms. The fourth-order valence-corrected chi connectivity index (χ4v) is 1.75. The molecule has 0 unspecified atom stereocenters. The van der Waals surface area contributed by atoms with E-state index in [2.05, 4.69) is 5.16 Å². The van der Waals surface area contributed by atoms with Crippen LogP contribution < -0.4 is 5.73 Å². The molecule has 0 aliphatic rings. The number of halogens is 1. The zero-order chi connectivity index (χ0) is 15.7. The Labute approximate surface area is 123 Å². The Morgan fingerprint density at radius 2 is 2.05 bits per heavy atom. The second-order valence-corrected chi connectivity index (χ2v) is 4.52. The van der Waals surface area contributed by atoms with Crippen molar-refractivity contribution in [2.45, 2.75) is 12.8 Å². The molecule has 0 heterocycles. The zero-order valence-corrected chi connectivity index (χ0v) is 12.0. The van der Waals surface area contributed by atoms with Gasteiger partial charge < -0.3 is 20.6 Å². The molecule has 0 bridgehead atoms. The number of oxime groups is 1. The van der Waals surface area contributed by atoms with Crippen LogP contribution in [-0.4, -0.2) is 48.7 Å². The lowest BCUT2D eigenvalue weighted by Crippen LogP contribution is -2.37. The molecular weight excluding hydrogens is 277 g/mol. The highest BCUT2D eigenvalue weighted by Gasteiger charge is 2.14. The Morgan fingerprint density at radius 1 is 1.38 bits per heavy atom. The van der Waals surface area contributed by atoms with E-state index < -0.39 is 0 Å². The summed E-state index contributed by atoms with van der Waals surface area (Å²) in [6.07, 6.45) is 0.440. The molecule has 1 rings (SSSR count). The molecule has 0 aliphatic heterocycles. The summed E-state index contributed by atoms with van der Waals surface area (Å²) in [5.74, 6) is -0.397. The Bertz CT molecular complexity index is 477. The van der Waals surface area contributed by atoms with Crippen molar-refractivity contribution >= 4 is 11.7 Å². The highest BCUT2D eigenvalue weighted by Crippen LogP contribution is 2.06. The SMILES string of the molecule is COCCN(CCC(N)=NO)C(=O)Cc1ccc(F)cc1. The van der Waals surface area contributed by atoms with Gasteiger partial charge in [0.2, 0.25) is 5.91 Å². The smallest absolute Gasteiger partial charge is 0.227 e. The molecule has 0 fully saturated rings. The van der Waals surface area contributed by atoms with E-state index in [0.717, 1.165) is 5.56 Å². The minimum absolute atomic E-state index is 0.0620. The molecule has 21 heavy (non-hydrogen) atoms. The zero-order valence-electron chi connectivity index (χ0n) is 12.0. The van der Waals surface area contributed by atoms with Crippen LogP contribution in [0, 0.1) is 5.82 Å². The number of benzene rings is 1. The molecular formula is C14H20FN3O3. The molecule has 1 aromatic rings. The number of carbonyl (C=O) groups is 1. The van der Waals surface area contributed by atoms with Crippen LogP contribution >= 0.6 is 0 Å². The Kier molecular flexibility index (Phi) is 7.17. The summed E-state index contributed by atoms with van der Waals surface area (Å²) < 4.78 is 17.8. The normalized spacial score (nSPS) is 11.4. The fraction of sp³-hybridized carbons (Fsp3) is 0.429. The van der Waals surface area contributed by atoms with Gasteiger partial charge in [-0.3, -0.25) is 4.79 Å². The van der Waals surface area contributed by atoms with Gasteiger partial charge in [0.25, 0.3) is 0 Å². The summed E-state index contributed by atoms with van der Waals surface area (Å²) in [5, 5.41) is 11.4. The van der Waals surface area contributed by atoms with Crippen molar-refractivity contribution in [3.05, 3.63) is 35.6 Å². The van der Waals surface area contributed by atoms with Gasteiger partial charge in [0.15, 0.2) is 0 Å². The first-order valence-corrected chi connectivity index (χ1v) is 6.54. The van der Waals surface area contributed by atoms with Gasteiger partial charge in [-0.2, -0.15) is 0 Å². The average Bonchev–Trinajstić information content (AvgIpc) is 2.49. The minimum atomic E-state index is -0.339. The maximum absolute atomic E-state index is 12.8. The van der Waals surface area contributed by atoms with E-state index in [-0.39, 0.29) is 30.4 Å². The molecule has 3 N–H and O–H groups in total. The number of nitrogens with two attached hydrogens (primary N) is 1. The topological polar surface area (TPSA) is 88.2 Å². The van der Waals surface area contributed by atoms with Crippen LogP contribution in [0.2, 0.25) is 0 Å². The van der Waals surface area contributed by atoms with Crippen molar-refractivity contribution in [1.82, 2.24) is 4.90 Å². The standard InChI is InChI=1S/C14H20FN3O3/c1-21-9-8-18(7-6-13(16)17-20)14(19)10-11-2-4-12(15)5-3-11/h2-5,20H,6-10H2,1H3,(H2,16,17). The van der Waals surface area contributed by atoms with Gasteiger partial charge in [-0.25, -0.2) is 4.39 Å². The van der Waals surface area contributed by atoms with Crippen molar-refractivity contribution < 1.29 is 19.1 Å². The van der Waals surface area contributed by atoms with E-state index in [1.807, 2.05) is 0 Å². The molecule has 0 atom stereocenters. The van der Waals surface area contributed by atoms with Gasteiger partial charge in [-0.15, -0.1) is 0 Å². The first kappa shape index (κ1) is 16.9. The number of carbonyl (C=O) groups excluding carboxylic acids is 1. The summed E-state index contributed by atoms with van der Waals surface area (Å²) in [6.45, 7) is 1.14. The highest BCUT2D eigenvalue weighted by atomic mass is 19.1. The van der Waals surface area contributed by atoms with Gasteiger partial charge in [-0.05, 0) is 17.7 Å². The van der Waals surface area contributed by atoms with Gasteiger partial charge in [0, 0.05) is 26.6 Å². The molecule has 0 saturated carbocycles. The summed E-state index contributed by atoms with van der Waals surface area (Å²) >= 11 is 0. The number of hydrogen-bond acceptors (Lipinski definition) is 4. The Balaban J connectivity index is 2.63. The lowest BCUT2D eigenvalue weighted by atomic mass is 10.1. The number of amidine groups is 1. The Hall–Kier alpha value is -2.15. The van der Waals surface area contributed by atoms with Crippen LogP contribution in [0.4, 0.5) is 4.39 Å². The third kappa shape index (κ3) is 6.22. The molecule has 1 amide bonds. The quantitative estimate of drug-likeness (QED) is 0.324. The first-order chi connectivity index (χ1) is 10.1. The highest BCUT2D eigenvalue weighted by molar-refractivity contribution is 5.82. The van der Waals surface area contributed by atoms with Crippen LogP contribution in [0.15, 0.2) is 29.4 Å². The van der Waals surface area contributed by atoms with Crippen LogP contribution in [-0.2, 0) is 16.0 Å². The lowest BCUT2D eigenvalue weighted by molar-refractivity contribution is -0.131. The van der Waals surface area contributed by atoms with E-state index >= 15 is 0 Å². The van der Waals surface area contributed by atoms with E-state index in [9.17, 15) is 9.18 Å². The van der Waals surface area contributed by atoms with Crippen LogP contribution in [0.1, 0.15) is 12.0 Å². The van der Waals surface area contributed by atoms with E-state index in [0.29, 0.717) is 19.7 Å². The fourth-order valence-electron chi connectivity index (χ4n) is 1.75. The van der Waals surface area contributed by atoms with Crippen molar-refractivity contribution in [2.24, 2.45) is 10.9 Å². The molecule has 1 aromatic carbocycles. The van der Waals surface area contributed by atoms with Gasteiger partial charge >= 0.3 is 0 Å². The van der Waals surface area contributed by atoms with E-state index in [1.54, 1.807) is 24.1 Å². The van der Waals surface area contributed by atoms with Crippen molar-refractivity contribution in [2.75, 3.05) is 26.8 Å². The molecule has 0 aromatic heterocycles. The van der Waals surface area contributed by atoms with Crippen LogP contribution in [0.5, 0.6) is 0 Å². The number of methoxy groups -OCH3 is 1. The van der Waals surface area contributed by atoms with E-state index in [1.165, 1.54) is 12.1 Å². The second-order valence-electron chi connectivity index (χ2n) is 4.52. The number of nitrogens with zero attached hydrogens (tertiary/aromatic N) is 2. The molecule has 116 valence electrons. The predicted octanol–water partition coefficient (Wildman–Crippen LogP) is 0.980. The van der Waals surface area contributed by atoms with Crippen LogP contribution in [0.3, 0.4) is 0 Å². The predicted molar refractivity (Wildman–Crippen MR) is 76.6 cm³/mol. The second kappa shape index (κ2) is 8.91. The summed E-state index contributed by atoms with van der Waals surface area (Å²) in [5.41, 5.74) is 6.14. The third-order valence-corrected chi connectivity index (χ3v) is 2.95. The van der Waals surface area contributed by atoms with Crippen molar-refractivity contribution in [3.63, 3.8) is 0 Å². The summed E-state index contributed by atoms with van der Waals surface area (Å²) in [6, 6.07) is 5.79. The number of rotatable bonds is 8. The average molecular weight is 297 g/mol. The molecule has 0 aliphatic carbocycles. The van der Waals surface area contributed by atoms with Crippen LogP contribution in [0.25, 0.3) is 0 Å². The number of hydrogen-bond donors (Lipinski definition) is 2. The minimum Gasteiger partial charge on any atom is -0.409 e. The van der Waals surface area contributed by atoms with Crippen molar-refractivity contribution in [1.29, 1.82) is 0 Å². The number of amides is 1. The summed E-state index contributed by atoms with van der Waals surface area (Å²) in [7, 11) is 1.55. The van der Waals surface area contributed by atoms with Gasteiger partial charge in [0.1, 0.15) is 11.7 Å². The largest absolute Gasteiger partial charge is 0.409 e. The maximum Gasteiger partial charge on any atom is 0.227 e. The van der Waals surface area contributed by atoms with Gasteiger partial charge in [0.05, 0.1) is 13.0 Å². The summed E-state index contributed by atoms with van der Waals surface area (Å²) in [4.78, 5) is 13.8. The van der Waals surface area contributed by atoms with Gasteiger partial charge in [-0.1, -0.05) is 17.3 Å². The molecule has 6 nitrogen and oxygen atoms in total. The first-order valence-electron chi connectivity index (χ1n) is 6.54. The molecule has 0 radical (unpaired) electrons. The maximum atomic E-state index is 12.8. The molecule has 0 saturated heterocycles. The van der Waals surface area contributed by atoms with Crippen molar-refractivity contribution in [3.8, 4) is 0 Å². The number of ether oxygens (including phenoxy) is 1. The lowest BCUT2D eigenvalue weighted by Gasteiger charge is -2.22. The third-order valence-electron chi connectivity index (χ3n) is 2.95. The molecule has 0 spiro atoms.